The molecule has 0 spiro atoms. The number of piperidine rings is 1. The number of hydrogen-bond acceptors (Lipinski definition) is 7. The fraction of sp³-hybridized carbons (Fsp3) is 0.333. The number of ketones is 2. The van der Waals surface area contributed by atoms with Crippen molar-refractivity contribution in [2.24, 2.45) is 0 Å². The minimum Gasteiger partial charge on any atom is -0.507 e. The van der Waals surface area contributed by atoms with E-state index in [0.29, 0.717) is 16.9 Å². The highest BCUT2D eigenvalue weighted by Crippen LogP contribution is 2.45. The van der Waals surface area contributed by atoms with Crippen LogP contribution in [0.25, 0.3) is 0 Å². The Morgan fingerprint density at radius 2 is 1.82 bits per heavy atom. The number of phenols is 2. The van der Waals surface area contributed by atoms with E-state index in [0.717, 1.165) is 25.8 Å². The van der Waals surface area contributed by atoms with Crippen LogP contribution in [0, 0.1) is 0 Å². The third-order valence-corrected chi connectivity index (χ3v) is 5.48. The van der Waals surface area contributed by atoms with E-state index in [-0.39, 0.29) is 40.7 Å². The van der Waals surface area contributed by atoms with Gasteiger partial charge in [0.15, 0.2) is 5.78 Å². The monoisotopic (exact) mass is 383 g/mol. The highest BCUT2D eigenvalue weighted by Gasteiger charge is 2.38. The number of benzene rings is 2. The second-order valence-electron chi connectivity index (χ2n) is 7.12. The van der Waals surface area contributed by atoms with Crippen LogP contribution in [0.4, 0.5) is 0 Å². The molecular weight excluding hydrogens is 362 g/mol. The maximum atomic E-state index is 13.1. The molecular formula is C21H21NO6. The Kier molecular flexibility index (Phi) is 4.56. The number of nitrogens with one attached hydrogen (secondary N) is 1. The number of aliphatic hydroxyl groups excluding tert-OH is 1. The third kappa shape index (κ3) is 2.66. The molecule has 7 heteroatoms. The maximum Gasteiger partial charge on any atom is 0.201 e. The summed E-state index contributed by atoms with van der Waals surface area (Å²) in [5.74, 6) is -1.47. The van der Waals surface area contributed by atoms with E-state index in [1.165, 1.54) is 25.3 Å². The molecule has 2 aliphatic rings. The summed E-state index contributed by atoms with van der Waals surface area (Å²) in [6.07, 6.45) is 2.76. The standard InChI is InChI=1S/C21H21NO6/c1-28-15-8-12-17(21(27)18(15)13-4-2-3-5-22-13)20(26)16-11(19(12)25)6-10(9-23)7-14(16)24/h6-8,13,22-24,27H,2-5,9H2,1H3/t13-/m1/s1. The van der Waals surface area contributed by atoms with Crippen LogP contribution in [0.2, 0.25) is 0 Å². The van der Waals surface area contributed by atoms with Gasteiger partial charge in [-0.1, -0.05) is 6.42 Å². The van der Waals surface area contributed by atoms with Gasteiger partial charge in [-0.2, -0.15) is 0 Å². The van der Waals surface area contributed by atoms with E-state index >= 15 is 0 Å². The zero-order valence-corrected chi connectivity index (χ0v) is 15.4. The van der Waals surface area contributed by atoms with Crippen LogP contribution in [0.15, 0.2) is 18.2 Å². The smallest absolute Gasteiger partial charge is 0.201 e. The highest BCUT2D eigenvalue weighted by atomic mass is 16.5. The fourth-order valence-electron chi connectivity index (χ4n) is 4.14. The Balaban J connectivity index is 1.95. The van der Waals surface area contributed by atoms with Crippen molar-refractivity contribution < 1.29 is 29.6 Å². The Morgan fingerprint density at radius 1 is 1.07 bits per heavy atom. The summed E-state index contributed by atoms with van der Waals surface area (Å²) < 4.78 is 5.43. The largest absolute Gasteiger partial charge is 0.507 e. The van der Waals surface area contributed by atoms with Gasteiger partial charge < -0.3 is 25.4 Å². The first-order valence-electron chi connectivity index (χ1n) is 9.21. The zero-order valence-electron chi connectivity index (χ0n) is 15.4. The molecule has 4 N–H and O–H groups in total. The number of phenolic OH excluding ortho intramolecular Hbond substituents is 2. The molecule has 1 atom stereocenters. The molecule has 4 rings (SSSR count). The van der Waals surface area contributed by atoms with Gasteiger partial charge in [0.2, 0.25) is 5.78 Å². The summed E-state index contributed by atoms with van der Waals surface area (Å²) in [6, 6.07) is 3.92. The summed E-state index contributed by atoms with van der Waals surface area (Å²) in [5, 5.41) is 33.9. The molecule has 0 aromatic heterocycles. The number of methoxy groups -OCH3 is 1. The van der Waals surface area contributed by atoms with Crippen molar-refractivity contribution in [2.45, 2.75) is 31.9 Å². The number of aliphatic hydroxyl groups is 1. The van der Waals surface area contributed by atoms with Crippen LogP contribution in [0.3, 0.4) is 0 Å². The van der Waals surface area contributed by atoms with Crippen molar-refractivity contribution in [1.29, 1.82) is 0 Å². The number of carbonyl (C=O) groups is 2. The van der Waals surface area contributed by atoms with Crippen LogP contribution in [-0.2, 0) is 6.61 Å². The van der Waals surface area contributed by atoms with E-state index in [9.17, 15) is 24.9 Å². The first kappa shape index (κ1) is 18.5. The van der Waals surface area contributed by atoms with E-state index in [1.54, 1.807) is 0 Å². The van der Waals surface area contributed by atoms with Gasteiger partial charge in [0.25, 0.3) is 0 Å². The van der Waals surface area contributed by atoms with E-state index in [4.69, 9.17) is 4.74 Å². The number of fused-ring (bicyclic) bond motifs is 2. The first-order chi connectivity index (χ1) is 13.5. The lowest BCUT2D eigenvalue weighted by Gasteiger charge is -2.29. The predicted molar refractivity (Wildman–Crippen MR) is 100 cm³/mol. The quantitative estimate of drug-likeness (QED) is 0.548. The third-order valence-electron chi connectivity index (χ3n) is 5.48. The fourth-order valence-corrected chi connectivity index (χ4v) is 4.14. The summed E-state index contributed by atoms with van der Waals surface area (Å²) in [7, 11) is 1.45. The van der Waals surface area contributed by atoms with Crippen molar-refractivity contribution in [3.63, 3.8) is 0 Å². The SMILES string of the molecule is COc1cc2c(c(O)c1[C@H]1CCCCN1)C(=O)c1c(O)cc(CO)cc1C2=O. The molecule has 146 valence electrons. The van der Waals surface area contributed by atoms with Crippen molar-refractivity contribution in [2.75, 3.05) is 13.7 Å². The minimum absolute atomic E-state index is 0.00606. The van der Waals surface area contributed by atoms with Gasteiger partial charge in [-0.05, 0) is 43.1 Å². The average Bonchev–Trinajstić information content (AvgIpc) is 2.71. The molecule has 1 heterocycles. The van der Waals surface area contributed by atoms with Crippen LogP contribution < -0.4 is 10.1 Å². The summed E-state index contributed by atoms with van der Waals surface area (Å²) >= 11 is 0. The van der Waals surface area contributed by atoms with Gasteiger partial charge in [-0.3, -0.25) is 9.59 Å². The minimum atomic E-state index is -0.621. The summed E-state index contributed by atoms with van der Waals surface area (Å²) in [4.78, 5) is 26.2. The van der Waals surface area contributed by atoms with Crippen molar-refractivity contribution in [3.05, 3.63) is 51.6 Å². The Hall–Kier alpha value is -2.90. The van der Waals surface area contributed by atoms with Crippen molar-refractivity contribution in [3.8, 4) is 17.2 Å². The predicted octanol–water partition coefficient (Wildman–Crippen LogP) is 2.19. The van der Waals surface area contributed by atoms with Crippen LogP contribution in [-0.4, -0.2) is 40.5 Å². The van der Waals surface area contributed by atoms with E-state index in [1.807, 2.05) is 0 Å². The Labute approximate surface area is 161 Å². The molecule has 7 nitrogen and oxygen atoms in total. The number of rotatable bonds is 3. The van der Waals surface area contributed by atoms with Gasteiger partial charge >= 0.3 is 0 Å². The van der Waals surface area contributed by atoms with Gasteiger partial charge in [0, 0.05) is 17.2 Å². The van der Waals surface area contributed by atoms with E-state index in [2.05, 4.69) is 5.32 Å². The molecule has 1 aliphatic heterocycles. The second kappa shape index (κ2) is 6.92. The van der Waals surface area contributed by atoms with Crippen molar-refractivity contribution >= 4 is 11.6 Å². The maximum absolute atomic E-state index is 13.1. The molecule has 2 aromatic rings. The zero-order chi connectivity index (χ0) is 20.0. The number of aromatic hydroxyl groups is 2. The molecule has 2 aromatic carbocycles. The Bertz CT molecular complexity index is 991. The molecule has 0 unspecified atom stereocenters. The van der Waals surface area contributed by atoms with Gasteiger partial charge in [-0.15, -0.1) is 0 Å². The number of ether oxygens (including phenoxy) is 1. The van der Waals surface area contributed by atoms with Crippen molar-refractivity contribution in [1.82, 2.24) is 5.32 Å². The molecule has 0 bridgehead atoms. The lowest BCUT2D eigenvalue weighted by atomic mass is 9.80. The molecule has 0 amide bonds. The molecule has 1 aliphatic carbocycles. The lowest BCUT2D eigenvalue weighted by molar-refractivity contribution is 0.0973. The molecule has 1 fully saturated rings. The molecule has 28 heavy (non-hydrogen) atoms. The number of hydrogen-bond donors (Lipinski definition) is 4. The number of carbonyl (C=O) groups excluding carboxylic acids is 2. The highest BCUT2D eigenvalue weighted by molar-refractivity contribution is 6.30. The summed E-state index contributed by atoms with van der Waals surface area (Å²) in [6.45, 7) is 0.404. The van der Waals surface area contributed by atoms with Crippen LogP contribution in [0.5, 0.6) is 17.2 Å². The Morgan fingerprint density at radius 3 is 2.46 bits per heavy atom. The van der Waals surface area contributed by atoms with Crippen LogP contribution >= 0.6 is 0 Å². The van der Waals surface area contributed by atoms with Crippen LogP contribution in [0.1, 0.15) is 68.3 Å². The lowest BCUT2D eigenvalue weighted by Crippen LogP contribution is -2.29. The summed E-state index contributed by atoms with van der Waals surface area (Å²) in [5.41, 5.74) is 0.537. The van der Waals surface area contributed by atoms with Gasteiger partial charge in [-0.25, -0.2) is 0 Å². The first-order valence-corrected chi connectivity index (χ1v) is 9.21. The molecule has 0 radical (unpaired) electrons. The van der Waals surface area contributed by atoms with E-state index < -0.39 is 17.3 Å². The average molecular weight is 383 g/mol. The second-order valence-corrected chi connectivity index (χ2v) is 7.12. The topological polar surface area (TPSA) is 116 Å². The normalized spacial score (nSPS) is 18.6. The van der Waals surface area contributed by atoms with Gasteiger partial charge in [0.1, 0.15) is 17.2 Å². The molecule has 1 saturated heterocycles. The van der Waals surface area contributed by atoms with Gasteiger partial charge in [0.05, 0.1) is 30.4 Å². The molecule has 0 saturated carbocycles.